The molecule has 0 saturated heterocycles. The number of ketones is 1. The lowest BCUT2D eigenvalue weighted by Gasteiger charge is -2.04. The Morgan fingerprint density at radius 3 is 2.57 bits per heavy atom. The van der Waals surface area contributed by atoms with Crippen molar-refractivity contribution in [2.75, 3.05) is 13.7 Å². The van der Waals surface area contributed by atoms with E-state index in [0.29, 0.717) is 24.5 Å². The zero-order valence-electron chi connectivity index (χ0n) is 9.04. The Bertz CT molecular complexity index is 264. The fourth-order valence-electron chi connectivity index (χ4n) is 0.940. The second-order valence-corrected chi connectivity index (χ2v) is 2.78. The summed E-state index contributed by atoms with van der Waals surface area (Å²) in [7, 11) is 1.65. The Hall–Kier alpha value is -1.38. The molecule has 0 spiro atoms. The van der Waals surface area contributed by atoms with Gasteiger partial charge in [-0.05, 0) is 19.9 Å². The molecule has 0 amide bonds. The van der Waals surface area contributed by atoms with Crippen molar-refractivity contribution in [3.8, 4) is 0 Å². The molecular weight excluding hydrogens is 178 g/mol. The molecular formula is C11H17NO2. The van der Waals surface area contributed by atoms with E-state index in [4.69, 9.17) is 4.74 Å². The first kappa shape index (κ1) is 12.6. The molecule has 3 heteroatoms. The number of nitrogens with zero attached hydrogens (tertiary/aromatic N) is 1. The van der Waals surface area contributed by atoms with Crippen LogP contribution < -0.4 is 0 Å². The van der Waals surface area contributed by atoms with Crippen molar-refractivity contribution in [2.24, 2.45) is 4.99 Å². The van der Waals surface area contributed by atoms with Crippen LogP contribution in [-0.2, 0) is 9.53 Å². The molecule has 0 N–H and O–H groups in total. The summed E-state index contributed by atoms with van der Waals surface area (Å²) >= 11 is 0. The summed E-state index contributed by atoms with van der Waals surface area (Å²) < 4.78 is 5.26. The molecule has 0 rings (SSSR count). The Morgan fingerprint density at radius 1 is 1.57 bits per heavy atom. The average Bonchev–Trinajstić information content (AvgIpc) is 2.15. The highest BCUT2D eigenvalue weighted by Gasteiger charge is 2.01. The van der Waals surface area contributed by atoms with E-state index in [1.807, 2.05) is 6.92 Å². The van der Waals surface area contributed by atoms with Crippen LogP contribution in [0.2, 0.25) is 0 Å². The molecule has 78 valence electrons. The average molecular weight is 195 g/mol. The SMILES string of the molecule is C=C/C(=C\C(CC(C)=O)=NC)OCC. The molecule has 0 aromatic rings. The maximum atomic E-state index is 10.9. The molecule has 0 aromatic carbocycles. The van der Waals surface area contributed by atoms with Crippen LogP contribution in [-0.4, -0.2) is 25.1 Å². The molecule has 0 heterocycles. The Labute approximate surface area is 85.2 Å². The lowest BCUT2D eigenvalue weighted by molar-refractivity contribution is -0.115. The Morgan fingerprint density at radius 2 is 2.21 bits per heavy atom. The molecule has 0 saturated carbocycles. The normalized spacial score (nSPS) is 12.5. The monoisotopic (exact) mass is 195 g/mol. The molecule has 0 unspecified atom stereocenters. The second kappa shape index (κ2) is 7.06. The van der Waals surface area contributed by atoms with E-state index < -0.39 is 0 Å². The van der Waals surface area contributed by atoms with Crippen LogP contribution in [0.3, 0.4) is 0 Å². The summed E-state index contributed by atoms with van der Waals surface area (Å²) in [5, 5.41) is 0. The minimum Gasteiger partial charge on any atom is -0.494 e. The van der Waals surface area contributed by atoms with Crippen LogP contribution in [0.25, 0.3) is 0 Å². The van der Waals surface area contributed by atoms with E-state index in [0.717, 1.165) is 0 Å². The van der Waals surface area contributed by atoms with Crippen LogP contribution >= 0.6 is 0 Å². The quantitative estimate of drug-likeness (QED) is 0.370. The van der Waals surface area contributed by atoms with E-state index in [-0.39, 0.29) is 5.78 Å². The van der Waals surface area contributed by atoms with Crippen LogP contribution in [0, 0.1) is 0 Å². The van der Waals surface area contributed by atoms with Crippen molar-refractivity contribution in [2.45, 2.75) is 20.3 Å². The summed E-state index contributed by atoms with van der Waals surface area (Å²) in [5.74, 6) is 0.733. The number of ether oxygens (including phenoxy) is 1. The zero-order chi connectivity index (χ0) is 11.0. The second-order valence-electron chi connectivity index (χ2n) is 2.78. The Balaban J connectivity index is 4.54. The molecule has 14 heavy (non-hydrogen) atoms. The third-order valence-corrected chi connectivity index (χ3v) is 1.54. The minimum atomic E-state index is 0.0850. The smallest absolute Gasteiger partial charge is 0.135 e. The molecule has 3 nitrogen and oxygen atoms in total. The van der Waals surface area contributed by atoms with Crippen LogP contribution in [0.4, 0.5) is 0 Å². The topological polar surface area (TPSA) is 38.7 Å². The van der Waals surface area contributed by atoms with Gasteiger partial charge >= 0.3 is 0 Å². The molecule has 0 aliphatic heterocycles. The highest BCUT2D eigenvalue weighted by molar-refractivity contribution is 6.07. The highest BCUT2D eigenvalue weighted by atomic mass is 16.5. The van der Waals surface area contributed by atoms with E-state index in [2.05, 4.69) is 11.6 Å². The van der Waals surface area contributed by atoms with Gasteiger partial charge in [0.2, 0.25) is 0 Å². The van der Waals surface area contributed by atoms with Crippen LogP contribution in [0.15, 0.2) is 29.5 Å². The van der Waals surface area contributed by atoms with E-state index in [1.54, 1.807) is 19.2 Å². The van der Waals surface area contributed by atoms with Crippen molar-refractivity contribution in [3.63, 3.8) is 0 Å². The fraction of sp³-hybridized carbons (Fsp3) is 0.455. The lowest BCUT2D eigenvalue weighted by Crippen LogP contribution is -2.03. The molecule has 0 radical (unpaired) electrons. The van der Waals surface area contributed by atoms with Gasteiger partial charge in [-0.15, -0.1) is 0 Å². The van der Waals surface area contributed by atoms with Crippen molar-refractivity contribution < 1.29 is 9.53 Å². The third kappa shape index (κ3) is 5.30. The van der Waals surface area contributed by atoms with Crippen LogP contribution in [0.5, 0.6) is 0 Å². The van der Waals surface area contributed by atoms with Crippen molar-refractivity contribution in [1.82, 2.24) is 0 Å². The first-order valence-electron chi connectivity index (χ1n) is 4.56. The standard InChI is InChI=1S/C11H17NO2/c1-5-11(14-6-2)8-10(12-4)7-9(3)13/h5,8H,1,6-7H2,2-4H3/b11-8+,12-10?. The summed E-state index contributed by atoms with van der Waals surface area (Å²) in [6.07, 6.45) is 3.67. The van der Waals surface area contributed by atoms with Gasteiger partial charge in [-0.25, -0.2) is 0 Å². The molecule has 0 aromatic heterocycles. The molecule has 0 aliphatic rings. The lowest BCUT2D eigenvalue weighted by atomic mass is 10.2. The number of allylic oxidation sites excluding steroid dienone is 2. The number of hydrogen-bond donors (Lipinski definition) is 0. The van der Waals surface area contributed by atoms with Gasteiger partial charge in [-0.1, -0.05) is 6.58 Å². The number of aliphatic imine (C=N–C) groups is 1. The molecule has 0 bridgehead atoms. The fourth-order valence-corrected chi connectivity index (χ4v) is 0.940. The Kier molecular flexibility index (Phi) is 6.37. The first-order valence-corrected chi connectivity index (χ1v) is 4.56. The number of carbonyl (C=O) groups is 1. The van der Waals surface area contributed by atoms with Gasteiger partial charge in [-0.3, -0.25) is 9.79 Å². The van der Waals surface area contributed by atoms with Crippen molar-refractivity contribution in [3.05, 3.63) is 24.5 Å². The summed E-state index contributed by atoms with van der Waals surface area (Å²) in [6, 6.07) is 0. The van der Waals surface area contributed by atoms with Gasteiger partial charge in [0.05, 0.1) is 6.61 Å². The zero-order valence-corrected chi connectivity index (χ0v) is 9.04. The van der Waals surface area contributed by atoms with Crippen molar-refractivity contribution in [1.29, 1.82) is 0 Å². The summed E-state index contributed by atoms with van der Waals surface area (Å²) in [5.41, 5.74) is 0.709. The van der Waals surface area contributed by atoms with Gasteiger partial charge in [0.15, 0.2) is 0 Å². The highest BCUT2D eigenvalue weighted by Crippen LogP contribution is 2.01. The first-order chi connectivity index (χ1) is 6.63. The predicted molar refractivity (Wildman–Crippen MR) is 58.6 cm³/mol. The van der Waals surface area contributed by atoms with Gasteiger partial charge in [0.25, 0.3) is 0 Å². The van der Waals surface area contributed by atoms with Gasteiger partial charge in [0.1, 0.15) is 11.5 Å². The van der Waals surface area contributed by atoms with Crippen LogP contribution in [0.1, 0.15) is 20.3 Å². The number of Topliss-reactive ketones (excluding diaryl/α,β-unsaturated/α-hetero) is 1. The summed E-state index contributed by atoms with van der Waals surface area (Å²) in [4.78, 5) is 14.9. The van der Waals surface area contributed by atoms with E-state index in [1.165, 1.54) is 6.92 Å². The maximum Gasteiger partial charge on any atom is 0.135 e. The third-order valence-electron chi connectivity index (χ3n) is 1.54. The predicted octanol–water partition coefficient (Wildman–Crippen LogP) is 2.14. The number of carbonyl (C=O) groups excluding carboxylic acids is 1. The van der Waals surface area contributed by atoms with E-state index in [9.17, 15) is 4.79 Å². The van der Waals surface area contributed by atoms with Crippen molar-refractivity contribution >= 4 is 11.5 Å². The number of rotatable bonds is 6. The molecule has 0 fully saturated rings. The number of hydrogen-bond acceptors (Lipinski definition) is 3. The van der Waals surface area contributed by atoms with E-state index >= 15 is 0 Å². The van der Waals surface area contributed by atoms with Gasteiger partial charge in [-0.2, -0.15) is 0 Å². The maximum absolute atomic E-state index is 10.9. The largest absolute Gasteiger partial charge is 0.494 e. The minimum absolute atomic E-state index is 0.0850. The summed E-state index contributed by atoms with van der Waals surface area (Å²) in [6.45, 7) is 7.62. The molecule has 0 atom stereocenters. The van der Waals surface area contributed by atoms with Gasteiger partial charge in [0, 0.05) is 25.3 Å². The van der Waals surface area contributed by atoms with Gasteiger partial charge < -0.3 is 4.74 Å². The molecule has 0 aliphatic carbocycles.